The number of carbonyl (C=O) groups is 1. The maximum atomic E-state index is 11.3. The van der Waals surface area contributed by atoms with E-state index in [0.29, 0.717) is 0 Å². The van der Waals surface area contributed by atoms with E-state index >= 15 is 0 Å². The predicted molar refractivity (Wildman–Crippen MR) is 49.9 cm³/mol. The number of rotatable bonds is 1. The highest BCUT2D eigenvalue weighted by Gasteiger charge is 2.45. The van der Waals surface area contributed by atoms with Crippen LogP contribution >= 0.6 is 11.6 Å². The van der Waals surface area contributed by atoms with E-state index in [0.717, 1.165) is 0 Å². The van der Waals surface area contributed by atoms with E-state index < -0.39 is 11.6 Å². The van der Waals surface area contributed by atoms with Gasteiger partial charge in [0, 0.05) is 10.8 Å². The Hall–Kier alpha value is -1.66. The number of aromatic hydroxyl groups is 1. The number of halogens is 1. The molecule has 0 aliphatic carbocycles. The number of carbonyl (C=O) groups excluding carboxylic acids is 1. The third-order valence-corrected chi connectivity index (χ3v) is 2.41. The van der Waals surface area contributed by atoms with Gasteiger partial charge in [0.05, 0.1) is 5.02 Å². The predicted octanol–water partition coefficient (Wildman–Crippen LogP) is 1.08. The molecule has 1 atom stereocenters. The number of amides is 1. The van der Waals surface area contributed by atoms with Crippen molar-refractivity contribution < 1.29 is 14.7 Å². The monoisotopic (exact) mass is 227 g/mol. The molecule has 0 aromatic heterocycles. The van der Waals surface area contributed by atoms with Crippen LogP contribution < -0.4 is 5.73 Å². The Balaban J connectivity index is 2.55. The van der Waals surface area contributed by atoms with Crippen LogP contribution in [0.5, 0.6) is 5.75 Å². The number of nitrogens with zero attached hydrogens (tertiary/aromatic N) is 2. The summed E-state index contributed by atoms with van der Waals surface area (Å²) < 4.78 is 0. The first-order valence-corrected chi connectivity index (χ1v) is 4.34. The summed E-state index contributed by atoms with van der Waals surface area (Å²) in [5.74, 6) is -0.961. The van der Waals surface area contributed by atoms with Crippen LogP contribution in [0.4, 0.5) is 0 Å². The molecule has 1 unspecified atom stereocenters. The Labute approximate surface area is 89.3 Å². The molecule has 7 heteroatoms. The first-order chi connectivity index (χ1) is 7.05. The number of hydrogen-bond acceptors (Lipinski definition) is 5. The van der Waals surface area contributed by atoms with Crippen LogP contribution in [0.15, 0.2) is 28.6 Å². The van der Waals surface area contributed by atoms with Gasteiger partial charge in [-0.25, -0.2) is 0 Å². The van der Waals surface area contributed by atoms with Crippen LogP contribution in [0, 0.1) is 0 Å². The second-order valence-corrected chi connectivity index (χ2v) is 3.33. The van der Waals surface area contributed by atoms with E-state index in [-0.39, 0.29) is 16.3 Å². The summed E-state index contributed by atoms with van der Waals surface area (Å²) in [5, 5.41) is 15.5. The van der Waals surface area contributed by atoms with Crippen molar-refractivity contribution in [1.82, 2.24) is 0 Å². The van der Waals surface area contributed by atoms with Gasteiger partial charge in [0.25, 0.3) is 5.72 Å². The van der Waals surface area contributed by atoms with Crippen molar-refractivity contribution in [2.24, 2.45) is 16.1 Å². The summed E-state index contributed by atoms with van der Waals surface area (Å²) in [6, 6.07) is 4.30. The highest BCUT2D eigenvalue weighted by Crippen LogP contribution is 2.36. The average Bonchev–Trinajstić information content (AvgIpc) is 2.53. The van der Waals surface area contributed by atoms with Crippen molar-refractivity contribution in [3.8, 4) is 5.75 Å². The van der Waals surface area contributed by atoms with Crippen LogP contribution in [0.1, 0.15) is 5.56 Å². The Morgan fingerprint density at radius 3 is 2.87 bits per heavy atom. The second-order valence-electron chi connectivity index (χ2n) is 2.95. The lowest BCUT2D eigenvalue weighted by molar-refractivity contribution is -0.135. The fraction of sp³-hybridized carbons (Fsp3) is 0.125. The van der Waals surface area contributed by atoms with Crippen molar-refractivity contribution in [3.05, 3.63) is 28.8 Å². The zero-order chi connectivity index (χ0) is 11.1. The zero-order valence-electron chi connectivity index (χ0n) is 7.35. The van der Waals surface area contributed by atoms with Crippen LogP contribution in [-0.2, 0) is 15.4 Å². The van der Waals surface area contributed by atoms with Gasteiger partial charge < -0.3 is 9.94 Å². The highest BCUT2D eigenvalue weighted by atomic mass is 35.5. The lowest BCUT2D eigenvalue weighted by Crippen LogP contribution is -2.43. The van der Waals surface area contributed by atoms with E-state index in [4.69, 9.17) is 17.3 Å². The molecular formula is C8H6ClN3O3. The maximum absolute atomic E-state index is 11.3. The molecular weight excluding hydrogens is 222 g/mol. The third-order valence-electron chi connectivity index (χ3n) is 2.01. The van der Waals surface area contributed by atoms with Crippen molar-refractivity contribution >= 4 is 17.5 Å². The quantitative estimate of drug-likeness (QED) is 0.750. The van der Waals surface area contributed by atoms with Gasteiger partial charge >= 0.3 is 5.91 Å². The molecule has 0 radical (unpaired) electrons. The SMILES string of the molecule is NC1(c2cccc(O)c2Cl)ON=NC1=O. The van der Waals surface area contributed by atoms with E-state index in [1.807, 2.05) is 0 Å². The molecule has 0 saturated carbocycles. The molecule has 1 heterocycles. The van der Waals surface area contributed by atoms with Crippen LogP contribution in [0.25, 0.3) is 0 Å². The molecule has 15 heavy (non-hydrogen) atoms. The maximum Gasteiger partial charge on any atom is 0.334 e. The topological polar surface area (TPSA) is 97.3 Å². The standard InChI is InChI=1S/C8H6ClN3O3/c9-6-4(2-1-3-5(6)13)8(10)7(14)11-12-15-8/h1-3,13H,10H2. The van der Waals surface area contributed by atoms with Crippen molar-refractivity contribution in [3.63, 3.8) is 0 Å². The minimum atomic E-state index is -1.84. The number of phenols is 1. The number of hydrogen-bond donors (Lipinski definition) is 2. The Morgan fingerprint density at radius 1 is 1.53 bits per heavy atom. The summed E-state index contributed by atoms with van der Waals surface area (Å²) in [6.45, 7) is 0. The average molecular weight is 228 g/mol. The molecule has 3 N–H and O–H groups in total. The van der Waals surface area contributed by atoms with Crippen molar-refractivity contribution in [2.45, 2.75) is 5.72 Å². The minimum Gasteiger partial charge on any atom is -0.506 e. The van der Waals surface area contributed by atoms with Gasteiger partial charge in [0.1, 0.15) is 5.75 Å². The second kappa shape index (κ2) is 3.18. The molecule has 1 aliphatic heterocycles. The number of phenolic OH excluding ortho intramolecular Hbond substituents is 1. The summed E-state index contributed by atoms with van der Waals surface area (Å²) in [6.07, 6.45) is 0. The Kier molecular flexibility index (Phi) is 2.09. The molecule has 78 valence electrons. The van der Waals surface area contributed by atoms with Crippen LogP contribution in [0.2, 0.25) is 5.02 Å². The first kappa shape index (κ1) is 9.88. The molecule has 0 fully saturated rings. The zero-order valence-corrected chi connectivity index (χ0v) is 8.10. The molecule has 1 amide bonds. The van der Waals surface area contributed by atoms with E-state index in [1.165, 1.54) is 18.2 Å². The molecule has 1 aromatic rings. The van der Waals surface area contributed by atoms with Gasteiger partial charge in [-0.3, -0.25) is 10.5 Å². The summed E-state index contributed by atoms with van der Waals surface area (Å²) in [7, 11) is 0. The van der Waals surface area contributed by atoms with Crippen LogP contribution in [-0.4, -0.2) is 11.0 Å². The summed E-state index contributed by atoms with van der Waals surface area (Å²) in [4.78, 5) is 16.0. The fourth-order valence-electron chi connectivity index (χ4n) is 1.21. The summed E-state index contributed by atoms with van der Waals surface area (Å²) in [5.41, 5.74) is 3.93. The van der Waals surface area contributed by atoms with E-state index in [9.17, 15) is 9.90 Å². The first-order valence-electron chi connectivity index (χ1n) is 3.96. The Bertz CT molecular complexity index is 462. The molecule has 0 spiro atoms. The minimum absolute atomic E-state index is 0.0550. The summed E-state index contributed by atoms with van der Waals surface area (Å²) >= 11 is 5.78. The highest BCUT2D eigenvalue weighted by molar-refractivity contribution is 6.33. The van der Waals surface area contributed by atoms with Gasteiger partial charge in [-0.2, -0.15) is 0 Å². The third kappa shape index (κ3) is 1.34. The molecule has 6 nitrogen and oxygen atoms in total. The van der Waals surface area contributed by atoms with Gasteiger partial charge in [-0.15, -0.1) is 0 Å². The molecule has 2 rings (SSSR count). The lowest BCUT2D eigenvalue weighted by atomic mass is 10.0. The van der Waals surface area contributed by atoms with E-state index in [1.54, 1.807) is 0 Å². The lowest BCUT2D eigenvalue weighted by Gasteiger charge is -2.19. The van der Waals surface area contributed by atoms with Gasteiger partial charge in [-0.05, 0) is 6.07 Å². The fourth-order valence-corrected chi connectivity index (χ4v) is 1.47. The van der Waals surface area contributed by atoms with Crippen molar-refractivity contribution in [2.75, 3.05) is 0 Å². The molecule has 1 aromatic carbocycles. The van der Waals surface area contributed by atoms with Crippen molar-refractivity contribution in [1.29, 1.82) is 0 Å². The van der Waals surface area contributed by atoms with E-state index in [2.05, 4.69) is 15.2 Å². The Morgan fingerprint density at radius 2 is 2.27 bits per heavy atom. The van der Waals surface area contributed by atoms with Gasteiger partial charge in [0.15, 0.2) is 0 Å². The van der Waals surface area contributed by atoms with Gasteiger partial charge in [0.2, 0.25) is 0 Å². The largest absolute Gasteiger partial charge is 0.506 e. The van der Waals surface area contributed by atoms with Gasteiger partial charge in [-0.1, -0.05) is 28.8 Å². The number of benzene rings is 1. The van der Waals surface area contributed by atoms with Crippen LogP contribution in [0.3, 0.4) is 0 Å². The smallest absolute Gasteiger partial charge is 0.334 e. The molecule has 1 aliphatic rings. The normalized spacial score (nSPS) is 24.3. The number of nitrogens with two attached hydrogens (primary N) is 1. The molecule has 0 saturated heterocycles. The molecule has 0 bridgehead atoms.